The Labute approximate surface area is 125 Å². The minimum Gasteiger partial charge on any atom is -0.305 e. The summed E-state index contributed by atoms with van der Waals surface area (Å²) in [4.78, 5) is 16.4. The molecule has 0 bridgehead atoms. The molecule has 0 saturated heterocycles. The van der Waals surface area contributed by atoms with Crippen LogP contribution in [0.25, 0.3) is 5.65 Å². The van der Waals surface area contributed by atoms with Crippen LogP contribution in [0.1, 0.15) is 10.4 Å². The Hall–Kier alpha value is -2.04. The lowest BCUT2D eigenvalue weighted by Crippen LogP contribution is -2.12. The molecule has 0 spiro atoms. The second kappa shape index (κ2) is 5.15. The first-order valence-corrected chi connectivity index (χ1v) is 6.59. The molecule has 20 heavy (non-hydrogen) atoms. The number of rotatable bonds is 2. The number of carbonyl (C=O) groups is 1. The number of nitrogens with zero attached hydrogens (tertiary/aromatic N) is 2. The Morgan fingerprint density at radius 2 is 2.00 bits per heavy atom. The van der Waals surface area contributed by atoms with Crippen molar-refractivity contribution >= 4 is 40.6 Å². The van der Waals surface area contributed by atoms with Gasteiger partial charge in [0.05, 0.1) is 16.2 Å². The van der Waals surface area contributed by atoms with Crippen LogP contribution in [0.4, 0.5) is 5.82 Å². The number of halogens is 2. The Kier molecular flexibility index (Phi) is 3.34. The van der Waals surface area contributed by atoms with E-state index in [-0.39, 0.29) is 5.91 Å². The second-order valence-corrected chi connectivity index (χ2v) is 4.99. The Balaban J connectivity index is 1.86. The van der Waals surface area contributed by atoms with Crippen LogP contribution < -0.4 is 5.32 Å². The standard InChI is InChI=1S/C14H9Cl2N3O/c15-10-5-4-9(7-11(10)16)14(20)18-12-8-19-6-2-1-3-13(19)17-12/h1-8H,(H,18,20). The van der Waals surface area contributed by atoms with Gasteiger partial charge in [-0.05, 0) is 30.3 Å². The zero-order valence-electron chi connectivity index (χ0n) is 10.2. The van der Waals surface area contributed by atoms with Crippen molar-refractivity contribution in [2.45, 2.75) is 0 Å². The Bertz CT molecular complexity index is 765. The number of imidazole rings is 1. The highest BCUT2D eigenvalue weighted by Gasteiger charge is 2.10. The summed E-state index contributed by atoms with van der Waals surface area (Å²) in [6, 6.07) is 10.3. The van der Waals surface area contributed by atoms with Gasteiger partial charge in [-0.1, -0.05) is 29.3 Å². The van der Waals surface area contributed by atoms with E-state index >= 15 is 0 Å². The summed E-state index contributed by atoms with van der Waals surface area (Å²) in [7, 11) is 0. The van der Waals surface area contributed by atoms with Crippen LogP contribution in [0.2, 0.25) is 10.0 Å². The smallest absolute Gasteiger partial charge is 0.256 e. The van der Waals surface area contributed by atoms with E-state index in [4.69, 9.17) is 23.2 Å². The molecule has 6 heteroatoms. The van der Waals surface area contributed by atoms with Crippen molar-refractivity contribution in [1.82, 2.24) is 9.38 Å². The molecule has 0 aliphatic carbocycles. The van der Waals surface area contributed by atoms with E-state index in [1.54, 1.807) is 18.3 Å². The first-order valence-electron chi connectivity index (χ1n) is 5.83. The molecule has 3 aromatic rings. The van der Waals surface area contributed by atoms with E-state index in [1.165, 1.54) is 6.07 Å². The highest BCUT2D eigenvalue weighted by atomic mass is 35.5. The van der Waals surface area contributed by atoms with E-state index in [1.807, 2.05) is 28.8 Å². The number of pyridine rings is 1. The van der Waals surface area contributed by atoms with Crippen LogP contribution >= 0.6 is 23.2 Å². The molecule has 0 aliphatic rings. The predicted octanol–water partition coefficient (Wildman–Crippen LogP) is 3.89. The number of benzene rings is 1. The summed E-state index contributed by atoms with van der Waals surface area (Å²) < 4.78 is 1.82. The number of nitrogens with one attached hydrogen (secondary N) is 1. The number of carbonyl (C=O) groups excluding carboxylic acids is 1. The molecule has 0 atom stereocenters. The average Bonchev–Trinajstić information content (AvgIpc) is 2.83. The van der Waals surface area contributed by atoms with Gasteiger partial charge in [-0.25, -0.2) is 4.98 Å². The summed E-state index contributed by atoms with van der Waals surface area (Å²) in [5.41, 5.74) is 1.19. The third kappa shape index (κ3) is 2.48. The van der Waals surface area contributed by atoms with Crippen LogP contribution in [-0.2, 0) is 0 Å². The number of hydrogen-bond acceptors (Lipinski definition) is 2. The molecule has 4 nitrogen and oxygen atoms in total. The SMILES string of the molecule is O=C(Nc1cn2ccccc2n1)c1ccc(Cl)c(Cl)c1. The number of aromatic nitrogens is 2. The van der Waals surface area contributed by atoms with Crippen molar-refractivity contribution in [2.75, 3.05) is 5.32 Å². The highest BCUT2D eigenvalue weighted by Crippen LogP contribution is 2.23. The molecule has 1 amide bonds. The lowest BCUT2D eigenvalue weighted by Gasteiger charge is -2.03. The van der Waals surface area contributed by atoms with Crippen molar-refractivity contribution in [3.05, 3.63) is 64.4 Å². The van der Waals surface area contributed by atoms with E-state index < -0.39 is 0 Å². The van der Waals surface area contributed by atoms with Gasteiger partial charge in [-0.15, -0.1) is 0 Å². The van der Waals surface area contributed by atoms with E-state index in [9.17, 15) is 4.79 Å². The lowest BCUT2D eigenvalue weighted by atomic mass is 10.2. The Morgan fingerprint density at radius 1 is 1.15 bits per heavy atom. The van der Waals surface area contributed by atoms with Gasteiger partial charge in [0.15, 0.2) is 5.82 Å². The van der Waals surface area contributed by atoms with Gasteiger partial charge in [-0.3, -0.25) is 4.79 Å². The molecule has 2 aromatic heterocycles. The summed E-state index contributed by atoms with van der Waals surface area (Å²) >= 11 is 11.7. The zero-order chi connectivity index (χ0) is 14.1. The number of fused-ring (bicyclic) bond motifs is 1. The monoisotopic (exact) mass is 305 g/mol. The minimum absolute atomic E-state index is 0.285. The number of hydrogen-bond donors (Lipinski definition) is 1. The molecular weight excluding hydrogens is 297 g/mol. The fraction of sp³-hybridized carbons (Fsp3) is 0. The maximum absolute atomic E-state index is 12.1. The molecule has 100 valence electrons. The summed E-state index contributed by atoms with van der Waals surface area (Å²) in [5, 5.41) is 3.48. The van der Waals surface area contributed by atoms with Crippen molar-refractivity contribution in [1.29, 1.82) is 0 Å². The summed E-state index contributed by atoms with van der Waals surface area (Å²) in [6.07, 6.45) is 3.60. The summed E-state index contributed by atoms with van der Waals surface area (Å²) in [6.45, 7) is 0. The predicted molar refractivity (Wildman–Crippen MR) is 79.6 cm³/mol. The maximum Gasteiger partial charge on any atom is 0.256 e. The van der Waals surface area contributed by atoms with Gasteiger partial charge in [0.2, 0.25) is 0 Å². The largest absolute Gasteiger partial charge is 0.305 e. The first kappa shape index (κ1) is 13.0. The van der Waals surface area contributed by atoms with E-state index in [2.05, 4.69) is 10.3 Å². The first-order chi connectivity index (χ1) is 9.63. The third-order valence-electron chi connectivity index (χ3n) is 2.79. The number of anilines is 1. The molecule has 0 aliphatic heterocycles. The molecule has 3 rings (SSSR count). The number of amides is 1. The van der Waals surface area contributed by atoms with Gasteiger partial charge in [0.1, 0.15) is 5.65 Å². The zero-order valence-corrected chi connectivity index (χ0v) is 11.7. The fourth-order valence-electron chi connectivity index (χ4n) is 1.82. The minimum atomic E-state index is -0.285. The molecule has 2 heterocycles. The van der Waals surface area contributed by atoms with Gasteiger partial charge < -0.3 is 9.72 Å². The van der Waals surface area contributed by atoms with Crippen LogP contribution in [0, 0.1) is 0 Å². The van der Waals surface area contributed by atoms with Crippen LogP contribution in [0.3, 0.4) is 0 Å². The fourth-order valence-corrected chi connectivity index (χ4v) is 2.12. The topological polar surface area (TPSA) is 46.4 Å². The quantitative estimate of drug-likeness (QED) is 0.780. The molecule has 0 saturated carbocycles. The molecule has 0 radical (unpaired) electrons. The van der Waals surface area contributed by atoms with Gasteiger partial charge in [-0.2, -0.15) is 0 Å². The van der Waals surface area contributed by atoms with Gasteiger partial charge >= 0.3 is 0 Å². The van der Waals surface area contributed by atoms with Crippen molar-refractivity contribution < 1.29 is 4.79 Å². The second-order valence-electron chi connectivity index (χ2n) is 4.18. The van der Waals surface area contributed by atoms with Crippen LogP contribution in [0.15, 0.2) is 48.8 Å². The molecule has 1 N–H and O–H groups in total. The normalized spacial score (nSPS) is 10.7. The van der Waals surface area contributed by atoms with Crippen molar-refractivity contribution in [2.24, 2.45) is 0 Å². The molecule has 1 aromatic carbocycles. The molecule has 0 unspecified atom stereocenters. The van der Waals surface area contributed by atoms with Crippen LogP contribution in [0.5, 0.6) is 0 Å². The summed E-state index contributed by atoms with van der Waals surface area (Å²) in [5.74, 6) is 0.194. The lowest BCUT2D eigenvalue weighted by molar-refractivity contribution is 0.102. The average molecular weight is 306 g/mol. The molecule has 0 fully saturated rings. The molecular formula is C14H9Cl2N3O. The Morgan fingerprint density at radius 3 is 2.75 bits per heavy atom. The van der Waals surface area contributed by atoms with Gasteiger partial charge in [0, 0.05) is 11.8 Å². The van der Waals surface area contributed by atoms with E-state index in [0.29, 0.717) is 21.4 Å². The maximum atomic E-state index is 12.1. The highest BCUT2D eigenvalue weighted by molar-refractivity contribution is 6.42. The van der Waals surface area contributed by atoms with Crippen molar-refractivity contribution in [3.8, 4) is 0 Å². The third-order valence-corrected chi connectivity index (χ3v) is 3.53. The van der Waals surface area contributed by atoms with E-state index in [0.717, 1.165) is 5.65 Å². The van der Waals surface area contributed by atoms with Crippen molar-refractivity contribution in [3.63, 3.8) is 0 Å². The van der Waals surface area contributed by atoms with Gasteiger partial charge in [0.25, 0.3) is 5.91 Å². The van der Waals surface area contributed by atoms with Crippen LogP contribution in [-0.4, -0.2) is 15.3 Å².